The zero-order valence-electron chi connectivity index (χ0n) is 8.59. The van der Waals surface area contributed by atoms with Crippen LogP contribution in [-0.4, -0.2) is 34.6 Å². The number of nitrogens with zero attached hydrogens (tertiary/aromatic N) is 1. The Morgan fingerprint density at radius 2 is 2.18 bits per heavy atom. The number of hydrogen-bond acceptors (Lipinski definition) is 4. The molecule has 1 amide bonds. The molecular weight excluding hydrogens is 243 g/mol. The van der Waals surface area contributed by atoms with E-state index in [0.29, 0.717) is 0 Å². The van der Waals surface area contributed by atoms with E-state index in [1.165, 1.54) is 12.2 Å². The molecule has 0 aliphatic carbocycles. The lowest BCUT2D eigenvalue weighted by molar-refractivity contribution is -0.167. The van der Waals surface area contributed by atoms with Crippen LogP contribution >= 0.6 is 0 Å². The number of halogens is 3. The van der Waals surface area contributed by atoms with Crippen molar-refractivity contribution in [1.82, 2.24) is 9.97 Å². The number of aromatic amines is 1. The number of hydrogen-bond donors (Lipinski definition) is 2. The van der Waals surface area contributed by atoms with Gasteiger partial charge in [0, 0.05) is 0 Å². The van der Waals surface area contributed by atoms with Crippen LogP contribution in [0.2, 0.25) is 0 Å². The zero-order valence-corrected chi connectivity index (χ0v) is 8.59. The molecule has 2 N–H and O–H groups in total. The minimum Gasteiger partial charge on any atom is -0.461 e. The smallest absolute Gasteiger partial charge is 0.461 e. The number of carbonyl (C=O) groups excluding carboxylic acids is 2. The molecule has 9 heteroatoms. The largest absolute Gasteiger partial charge is 0.471 e. The summed E-state index contributed by atoms with van der Waals surface area (Å²) in [6.07, 6.45) is -4.08. The third kappa shape index (κ3) is 3.20. The highest BCUT2D eigenvalue weighted by atomic mass is 19.4. The molecule has 1 aromatic heterocycles. The Labute approximate surface area is 93.2 Å². The van der Waals surface area contributed by atoms with Gasteiger partial charge in [0.05, 0.1) is 12.9 Å². The number of amides is 1. The van der Waals surface area contributed by atoms with Gasteiger partial charge in [0.15, 0.2) is 11.5 Å². The second-order valence-electron chi connectivity index (χ2n) is 2.80. The van der Waals surface area contributed by atoms with Gasteiger partial charge in [-0.3, -0.25) is 4.79 Å². The molecule has 1 heterocycles. The van der Waals surface area contributed by atoms with E-state index in [2.05, 4.69) is 14.7 Å². The Balaban J connectivity index is 2.83. The molecule has 17 heavy (non-hydrogen) atoms. The highest BCUT2D eigenvalue weighted by Crippen LogP contribution is 2.19. The molecule has 0 saturated carbocycles. The third-order valence-electron chi connectivity index (χ3n) is 1.61. The number of alkyl halides is 3. The highest BCUT2D eigenvalue weighted by molar-refractivity contribution is 6.00. The van der Waals surface area contributed by atoms with Crippen LogP contribution in [0.1, 0.15) is 17.4 Å². The maximum atomic E-state index is 12.0. The van der Waals surface area contributed by atoms with Crippen LogP contribution in [0.5, 0.6) is 0 Å². The summed E-state index contributed by atoms with van der Waals surface area (Å²) in [6, 6.07) is 0. The van der Waals surface area contributed by atoms with Gasteiger partial charge in [-0.1, -0.05) is 0 Å². The quantitative estimate of drug-likeness (QED) is 0.787. The number of H-pyrrole nitrogens is 1. The number of anilines is 1. The normalized spacial score (nSPS) is 11.1. The van der Waals surface area contributed by atoms with E-state index in [9.17, 15) is 22.8 Å². The first kappa shape index (κ1) is 13.0. The molecule has 0 saturated heterocycles. The van der Waals surface area contributed by atoms with Gasteiger partial charge >= 0.3 is 18.1 Å². The number of rotatable bonds is 3. The molecule has 6 nitrogen and oxygen atoms in total. The number of ether oxygens (including phenoxy) is 1. The van der Waals surface area contributed by atoms with E-state index in [4.69, 9.17) is 0 Å². The highest BCUT2D eigenvalue weighted by Gasteiger charge is 2.39. The summed E-state index contributed by atoms with van der Waals surface area (Å²) in [5, 5.41) is 1.46. The topological polar surface area (TPSA) is 84.1 Å². The van der Waals surface area contributed by atoms with Crippen LogP contribution < -0.4 is 5.32 Å². The lowest BCUT2D eigenvalue weighted by atomic mass is 10.4. The molecule has 0 aromatic carbocycles. The van der Waals surface area contributed by atoms with Crippen molar-refractivity contribution in [2.24, 2.45) is 0 Å². The van der Waals surface area contributed by atoms with Crippen molar-refractivity contribution in [3.05, 3.63) is 12.0 Å². The van der Waals surface area contributed by atoms with Crippen molar-refractivity contribution in [1.29, 1.82) is 0 Å². The van der Waals surface area contributed by atoms with Gasteiger partial charge in [-0.2, -0.15) is 13.2 Å². The molecule has 1 rings (SSSR count). The van der Waals surface area contributed by atoms with Gasteiger partial charge < -0.3 is 15.0 Å². The Hall–Kier alpha value is -2.06. The molecule has 0 atom stereocenters. The first-order chi connectivity index (χ1) is 7.86. The lowest BCUT2D eigenvalue weighted by Gasteiger charge is -2.06. The first-order valence-electron chi connectivity index (χ1n) is 4.45. The minimum absolute atomic E-state index is 0.0461. The molecule has 0 unspecified atom stereocenters. The monoisotopic (exact) mass is 251 g/mol. The second-order valence-corrected chi connectivity index (χ2v) is 2.80. The van der Waals surface area contributed by atoms with Crippen molar-refractivity contribution in [2.75, 3.05) is 11.9 Å². The molecule has 0 aliphatic heterocycles. The van der Waals surface area contributed by atoms with Crippen molar-refractivity contribution >= 4 is 17.7 Å². The number of imidazole rings is 1. The Morgan fingerprint density at radius 3 is 2.71 bits per heavy atom. The van der Waals surface area contributed by atoms with Gasteiger partial charge in [-0.25, -0.2) is 9.78 Å². The SMILES string of the molecule is CCOC(=O)c1[nH]cnc1NC(=O)C(F)(F)F. The maximum absolute atomic E-state index is 12.0. The summed E-state index contributed by atoms with van der Waals surface area (Å²) >= 11 is 0. The fraction of sp³-hybridized carbons (Fsp3) is 0.375. The molecule has 0 spiro atoms. The van der Waals surface area contributed by atoms with E-state index in [1.54, 1.807) is 0 Å². The van der Waals surface area contributed by atoms with E-state index >= 15 is 0 Å². The van der Waals surface area contributed by atoms with E-state index < -0.39 is 23.9 Å². The molecule has 1 aromatic rings. The summed E-state index contributed by atoms with van der Waals surface area (Å²) < 4.78 is 40.4. The minimum atomic E-state index is -5.05. The summed E-state index contributed by atoms with van der Waals surface area (Å²) in [5.74, 6) is -3.64. The summed E-state index contributed by atoms with van der Waals surface area (Å²) in [6.45, 7) is 1.58. The van der Waals surface area contributed by atoms with Gasteiger partial charge in [0.1, 0.15) is 0 Å². The molecular formula is C8H8F3N3O3. The van der Waals surface area contributed by atoms with Crippen LogP contribution in [0.15, 0.2) is 6.33 Å². The van der Waals surface area contributed by atoms with Gasteiger partial charge in [-0.15, -0.1) is 0 Å². The summed E-state index contributed by atoms with van der Waals surface area (Å²) in [7, 11) is 0. The average Bonchev–Trinajstić information content (AvgIpc) is 2.64. The van der Waals surface area contributed by atoms with Gasteiger partial charge in [0.25, 0.3) is 0 Å². The molecule has 0 bridgehead atoms. The molecule has 0 fully saturated rings. The molecule has 0 aliphatic rings. The average molecular weight is 251 g/mol. The van der Waals surface area contributed by atoms with Crippen molar-refractivity contribution in [2.45, 2.75) is 13.1 Å². The second kappa shape index (κ2) is 4.85. The fourth-order valence-electron chi connectivity index (χ4n) is 0.926. The Bertz CT molecular complexity index is 427. The number of esters is 1. The van der Waals surface area contributed by atoms with E-state index in [1.807, 2.05) is 0 Å². The van der Waals surface area contributed by atoms with Crippen molar-refractivity contribution in [3.8, 4) is 0 Å². The van der Waals surface area contributed by atoms with E-state index in [-0.39, 0.29) is 12.3 Å². The number of nitrogens with one attached hydrogen (secondary N) is 2. The van der Waals surface area contributed by atoms with Gasteiger partial charge in [0.2, 0.25) is 0 Å². The number of carbonyl (C=O) groups is 2. The fourth-order valence-corrected chi connectivity index (χ4v) is 0.926. The first-order valence-corrected chi connectivity index (χ1v) is 4.45. The predicted molar refractivity (Wildman–Crippen MR) is 49.2 cm³/mol. The zero-order chi connectivity index (χ0) is 13.1. The maximum Gasteiger partial charge on any atom is 0.471 e. The van der Waals surface area contributed by atoms with Gasteiger partial charge in [-0.05, 0) is 6.92 Å². The van der Waals surface area contributed by atoms with Crippen LogP contribution in [-0.2, 0) is 9.53 Å². The van der Waals surface area contributed by atoms with Crippen LogP contribution in [0.25, 0.3) is 0 Å². The molecule has 0 radical (unpaired) electrons. The Morgan fingerprint density at radius 1 is 1.53 bits per heavy atom. The van der Waals surface area contributed by atoms with Crippen LogP contribution in [0, 0.1) is 0 Å². The van der Waals surface area contributed by atoms with Crippen molar-refractivity contribution < 1.29 is 27.5 Å². The van der Waals surface area contributed by atoms with E-state index in [0.717, 1.165) is 6.33 Å². The summed E-state index contributed by atoms with van der Waals surface area (Å²) in [4.78, 5) is 27.5. The standard InChI is InChI=1S/C8H8F3N3O3/c1-2-17-6(15)4-5(13-3-12-4)14-7(16)8(9,10)11/h3H,2H2,1H3,(H,12,13)(H,14,16). The van der Waals surface area contributed by atoms with Crippen LogP contribution in [0.3, 0.4) is 0 Å². The Kier molecular flexibility index (Phi) is 3.71. The summed E-state index contributed by atoms with van der Waals surface area (Å²) in [5.41, 5.74) is -0.343. The predicted octanol–water partition coefficient (Wildman–Crippen LogP) is 1.09. The third-order valence-corrected chi connectivity index (χ3v) is 1.61. The molecule has 94 valence electrons. The number of aromatic nitrogens is 2. The van der Waals surface area contributed by atoms with Crippen molar-refractivity contribution in [3.63, 3.8) is 0 Å². The van der Waals surface area contributed by atoms with Crippen LogP contribution in [0.4, 0.5) is 19.0 Å². The lowest BCUT2D eigenvalue weighted by Crippen LogP contribution is -2.30.